The minimum Gasteiger partial charge on any atom is -0.341 e. The first-order valence-electron chi connectivity index (χ1n) is 6.65. The van der Waals surface area contributed by atoms with Gasteiger partial charge in [0, 0.05) is 30.8 Å². The summed E-state index contributed by atoms with van der Waals surface area (Å²) in [5.74, 6) is 0.0870. The normalized spacial score (nSPS) is 13.4. The van der Waals surface area contributed by atoms with Crippen LogP contribution in [-0.4, -0.2) is 30.3 Å². The highest BCUT2D eigenvalue weighted by Crippen LogP contribution is 2.30. The molecular formula is C15H17N3O2. The van der Waals surface area contributed by atoms with E-state index >= 15 is 0 Å². The first kappa shape index (κ1) is 14.1. The zero-order valence-electron chi connectivity index (χ0n) is 11.4. The summed E-state index contributed by atoms with van der Waals surface area (Å²) < 4.78 is 0. The minimum absolute atomic E-state index is 0.0511. The lowest BCUT2D eigenvalue weighted by Gasteiger charge is -2.15. The van der Waals surface area contributed by atoms with E-state index in [0.717, 1.165) is 12.8 Å². The van der Waals surface area contributed by atoms with Crippen molar-refractivity contribution < 1.29 is 9.59 Å². The van der Waals surface area contributed by atoms with E-state index in [1.165, 1.54) is 4.90 Å². The summed E-state index contributed by atoms with van der Waals surface area (Å²) in [4.78, 5) is 25.1. The molecule has 1 aromatic rings. The van der Waals surface area contributed by atoms with Crippen molar-refractivity contribution in [1.82, 2.24) is 4.90 Å². The minimum atomic E-state index is -0.125. The maximum atomic E-state index is 12.0. The Morgan fingerprint density at radius 3 is 2.55 bits per heavy atom. The van der Waals surface area contributed by atoms with E-state index in [2.05, 4.69) is 5.32 Å². The van der Waals surface area contributed by atoms with E-state index in [9.17, 15) is 9.59 Å². The first-order valence-corrected chi connectivity index (χ1v) is 6.65. The van der Waals surface area contributed by atoms with Crippen molar-refractivity contribution in [3.63, 3.8) is 0 Å². The maximum absolute atomic E-state index is 12.0. The van der Waals surface area contributed by atoms with Gasteiger partial charge in [0.05, 0.1) is 12.5 Å². The molecule has 1 aliphatic carbocycles. The molecule has 1 N–H and O–H groups in total. The lowest BCUT2D eigenvalue weighted by Crippen LogP contribution is -2.27. The van der Waals surface area contributed by atoms with E-state index in [1.54, 1.807) is 31.3 Å². The molecular weight excluding hydrogens is 254 g/mol. The molecule has 0 saturated heterocycles. The molecule has 104 valence electrons. The molecule has 0 spiro atoms. The van der Waals surface area contributed by atoms with E-state index in [4.69, 9.17) is 5.26 Å². The monoisotopic (exact) mass is 271 g/mol. The average molecular weight is 271 g/mol. The zero-order valence-corrected chi connectivity index (χ0v) is 11.4. The fraction of sp³-hybridized carbons (Fsp3) is 0.400. The van der Waals surface area contributed by atoms with Crippen LogP contribution in [0, 0.1) is 17.2 Å². The number of benzene rings is 1. The largest absolute Gasteiger partial charge is 0.341 e. The van der Waals surface area contributed by atoms with Crippen molar-refractivity contribution in [1.29, 1.82) is 5.26 Å². The second kappa shape index (κ2) is 6.20. The Hall–Kier alpha value is -2.35. The number of hydrogen-bond acceptors (Lipinski definition) is 3. The molecule has 0 aliphatic heterocycles. The molecule has 5 nitrogen and oxygen atoms in total. The van der Waals surface area contributed by atoms with Gasteiger partial charge in [-0.25, -0.2) is 0 Å². The van der Waals surface area contributed by atoms with E-state index in [-0.39, 0.29) is 17.7 Å². The molecule has 1 fully saturated rings. The van der Waals surface area contributed by atoms with Crippen LogP contribution in [0.5, 0.6) is 0 Å². The molecule has 1 saturated carbocycles. The summed E-state index contributed by atoms with van der Waals surface area (Å²) in [6, 6.07) is 8.84. The molecule has 0 atom stereocenters. The Morgan fingerprint density at radius 2 is 2.00 bits per heavy atom. The molecule has 2 amide bonds. The molecule has 0 heterocycles. The number of hydrogen-bond donors (Lipinski definition) is 1. The van der Waals surface area contributed by atoms with Crippen molar-refractivity contribution in [2.24, 2.45) is 5.92 Å². The summed E-state index contributed by atoms with van der Waals surface area (Å²) in [6.07, 6.45) is 2.25. The highest BCUT2D eigenvalue weighted by Gasteiger charge is 2.29. The fourth-order valence-corrected chi connectivity index (χ4v) is 1.83. The van der Waals surface area contributed by atoms with E-state index in [0.29, 0.717) is 24.2 Å². The Labute approximate surface area is 118 Å². The zero-order chi connectivity index (χ0) is 14.5. The third-order valence-electron chi connectivity index (χ3n) is 3.25. The summed E-state index contributed by atoms with van der Waals surface area (Å²) >= 11 is 0. The highest BCUT2D eigenvalue weighted by molar-refractivity contribution is 5.96. The van der Waals surface area contributed by atoms with Crippen LogP contribution in [0.4, 0.5) is 5.69 Å². The second-order valence-electron chi connectivity index (χ2n) is 4.98. The second-order valence-corrected chi connectivity index (χ2v) is 4.98. The van der Waals surface area contributed by atoms with Gasteiger partial charge in [0.15, 0.2) is 0 Å². The van der Waals surface area contributed by atoms with Gasteiger partial charge in [-0.2, -0.15) is 5.26 Å². The third-order valence-corrected chi connectivity index (χ3v) is 3.25. The number of nitrogens with one attached hydrogen (secondary N) is 1. The molecule has 1 aliphatic rings. The third kappa shape index (κ3) is 3.58. The number of rotatable bonds is 5. The smallest absolute Gasteiger partial charge is 0.253 e. The lowest BCUT2D eigenvalue weighted by molar-refractivity contribution is -0.117. The van der Waals surface area contributed by atoms with Crippen LogP contribution < -0.4 is 5.32 Å². The Kier molecular flexibility index (Phi) is 4.36. The van der Waals surface area contributed by atoms with Crippen LogP contribution in [0.1, 0.15) is 29.6 Å². The lowest BCUT2D eigenvalue weighted by atomic mass is 10.1. The van der Waals surface area contributed by atoms with Gasteiger partial charge in [-0.1, -0.05) is 0 Å². The van der Waals surface area contributed by atoms with Gasteiger partial charge in [0.25, 0.3) is 5.91 Å². The summed E-state index contributed by atoms with van der Waals surface area (Å²) in [5, 5.41) is 11.3. The molecule has 0 unspecified atom stereocenters. The standard InChI is InChI=1S/C15H17N3O2/c1-18(10-2-9-16)15(20)12-5-7-13(8-6-12)17-14(19)11-3-4-11/h5-8,11H,2-4,10H2,1H3,(H,17,19). The SMILES string of the molecule is CN(CCC#N)C(=O)c1ccc(NC(=O)C2CC2)cc1. The summed E-state index contributed by atoms with van der Waals surface area (Å²) in [5.41, 5.74) is 1.26. The number of carbonyl (C=O) groups is 2. The molecule has 0 aromatic heterocycles. The van der Waals surface area contributed by atoms with Crippen molar-refractivity contribution in [3.8, 4) is 6.07 Å². The van der Waals surface area contributed by atoms with E-state index in [1.807, 2.05) is 6.07 Å². The topological polar surface area (TPSA) is 73.2 Å². The molecule has 1 aromatic carbocycles. The Balaban J connectivity index is 1.94. The number of nitrogens with zero attached hydrogens (tertiary/aromatic N) is 2. The number of carbonyl (C=O) groups excluding carboxylic acids is 2. The Morgan fingerprint density at radius 1 is 1.35 bits per heavy atom. The Bertz CT molecular complexity index is 541. The molecule has 0 bridgehead atoms. The fourth-order valence-electron chi connectivity index (χ4n) is 1.83. The van der Waals surface area contributed by atoms with Gasteiger partial charge in [0.1, 0.15) is 0 Å². The van der Waals surface area contributed by atoms with Crippen LogP contribution >= 0.6 is 0 Å². The predicted octanol–water partition coefficient (Wildman–Crippen LogP) is 2.02. The van der Waals surface area contributed by atoms with Crippen LogP contribution in [0.3, 0.4) is 0 Å². The highest BCUT2D eigenvalue weighted by atomic mass is 16.2. The van der Waals surface area contributed by atoms with Gasteiger partial charge in [-0.05, 0) is 37.1 Å². The van der Waals surface area contributed by atoms with Crippen molar-refractivity contribution in [3.05, 3.63) is 29.8 Å². The number of nitriles is 1. The average Bonchev–Trinajstić information content (AvgIpc) is 3.29. The predicted molar refractivity (Wildman–Crippen MR) is 75.0 cm³/mol. The van der Waals surface area contributed by atoms with Gasteiger partial charge < -0.3 is 10.2 Å². The van der Waals surface area contributed by atoms with Crippen molar-refractivity contribution in [2.45, 2.75) is 19.3 Å². The van der Waals surface area contributed by atoms with Crippen molar-refractivity contribution in [2.75, 3.05) is 18.9 Å². The first-order chi connectivity index (χ1) is 9.61. The van der Waals surface area contributed by atoms with Crippen LogP contribution in [-0.2, 0) is 4.79 Å². The quantitative estimate of drug-likeness (QED) is 0.890. The maximum Gasteiger partial charge on any atom is 0.253 e. The van der Waals surface area contributed by atoms with Gasteiger partial charge in [-0.15, -0.1) is 0 Å². The molecule has 0 radical (unpaired) electrons. The van der Waals surface area contributed by atoms with Crippen LogP contribution in [0.15, 0.2) is 24.3 Å². The number of amides is 2. The summed E-state index contributed by atoms with van der Waals surface area (Å²) in [6.45, 7) is 0.412. The van der Waals surface area contributed by atoms with Crippen LogP contribution in [0.25, 0.3) is 0 Å². The molecule has 5 heteroatoms. The molecule has 20 heavy (non-hydrogen) atoms. The van der Waals surface area contributed by atoms with Gasteiger partial charge in [0.2, 0.25) is 5.91 Å². The van der Waals surface area contributed by atoms with Crippen LogP contribution in [0.2, 0.25) is 0 Å². The van der Waals surface area contributed by atoms with Gasteiger partial charge >= 0.3 is 0 Å². The van der Waals surface area contributed by atoms with E-state index < -0.39 is 0 Å². The number of anilines is 1. The molecule has 2 rings (SSSR count). The van der Waals surface area contributed by atoms with Gasteiger partial charge in [-0.3, -0.25) is 9.59 Å². The van der Waals surface area contributed by atoms with Crippen molar-refractivity contribution >= 4 is 17.5 Å². The summed E-state index contributed by atoms with van der Waals surface area (Å²) in [7, 11) is 1.67.